The predicted molar refractivity (Wildman–Crippen MR) is 69.8 cm³/mol. The molecule has 1 fully saturated rings. The number of nitrogens with one attached hydrogen (secondary N) is 1. The van der Waals surface area contributed by atoms with Crippen LogP contribution in [-0.4, -0.2) is 54.6 Å². The van der Waals surface area contributed by atoms with Gasteiger partial charge in [0.15, 0.2) is 0 Å². The second kappa shape index (κ2) is 7.18. The van der Waals surface area contributed by atoms with Crippen LogP contribution in [0.2, 0.25) is 0 Å². The number of rotatable bonds is 7. The van der Waals surface area contributed by atoms with Gasteiger partial charge in [0.05, 0.1) is 12.0 Å². The molecule has 1 aliphatic heterocycles. The molecule has 7 nitrogen and oxygen atoms in total. The maximum absolute atomic E-state index is 12.0. The second-order valence-electron chi connectivity index (χ2n) is 4.83. The first-order valence-corrected chi connectivity index (χ1v) is 7.96. The molecule has 0 aromatic heterocycles. The lowest BCUT2D eigenvalue weighted by Gasteiger charge is -2.30. The Hall–Kier alpha value is -0.700. The molecule has 8 heteroatoms. The van der Waals surface area contributed by atoms with E-state index >= 15 is 0 Å². The maximum atomic E-state index is 12.0. The van der Waals surface area contributed by atoms with Crippen LogP contribution in [0.1, 0.15) is 32.6 Å². The van der Waals surface area contributed by atoms with Gasteiger partial charge in [-0.25, -0.2) is 0 Å². The average molecular weight is 294 g/mol. The van der Waals surface area contributed by atoms with Crippen molar-refractivity contribution < 1.29 is 23.4 Å². The Morgan fingerprint density at radius 2 is 2.21 bits per heavy atom. The summed E-state index contributed by atoms with van der Waals surface area (Å²) in [6, 6.07) is 0. The van der Waals surface area contributed by atoms with E-state index < -0.39 is 28.2 Å². The number of aliphatic carboxylic acids is 1. The third-order valence-electron chi connectivity index (χ3n) is 3.20. The average Bonchev–Trinajstić information content (AvgIpc) is 2.37. The highest BCUT2D eigenvalue weighted by molar-refractivity contribution is 7.87. The molecule has 0 bridgehead atoms. The second-order valence-corrected chi connectivity index (χ2v) is 6.59. The van der Waals surface area contributed by atoms with E-state index in [4.69, 9.17) is 5.11 Å². The Morgan fingerprint density at radius 1 is 1.53 bits per heavy atom. The first kappa shape index (κ1) is 16.4. The molecule has 0 aromatic carbocycles. The van der Waals surface area contributed by atoms with Crippen molar-refractivity contribution in [2.45, 2.75) is 38.7 Å². The zero-order valence-electron chi connectivity index (χ0n) is 11.1. The Labute approximate surface area is 113 Å². The van der Waals surface area contributed by atoms with Gasteiger partial charge in [0.2, 0.25) is 0 Å². The van der Waals surface area contributed by atoms with Crippen LogP contribution in [0, 0.1) is 5.92 Å². The fraction of sp³-hybridized carbons (Fsp3) is 0.909. The summed E-state index contributed by atoms with van der Waals surface area (Å²) in [6.45, 7) is 2.18. The lowest BCUT2D eigenvalue weighted by Crippen LogP contribution is -2.48. The summed E-state index contributed by atoms with van der Waals surface area (Å²) in [5.41, 5.74) is 0. The van der Waals surface area contributed by atoms with Gasteiger partial charge in [0.25, 0.3) is 10.2 Å². The molecule has 112 valence electrons. The Bertz CT molecular complexity index is 398. The summed E-state index contributed by atoms with van der Waals surface area (Å²) in [4.78, 5) is 10.9. The fourth-order valence-electron chi connectivity index (χ4n) is 2.09. The van der Waals surface area contributed by atoms with Gasteiger partial charge in [0.1, 0.15) is 0 Å². The largest absolute Gasteiger partial charge is 0.481 e. The van der Waals surface area contributed by atoms with E-state index in [0.717, 1.165) is 10.7 Å². The van der Waals surface area contributed by atoms with E-state index in [1.807, 2.05) is 6.92 Å². The van der Waals surface area contributed by atoms with Crippen molar-refractivity contribution in [3.63, 3.8) is 0 Å². The predicted octanol–water partition coefficient (Wildman–Crippen LogP) is -0.222. The summed E-state index contributed by atoms with van der Waals surface area (Å²) < 4.78 is 27.4. The molecular weight excluding hydrogens is 272 g/mol. The first-order chi connectivity index (χ1) is 8.86. The van der Waals surface area contributed by atoms with Crippen LogP contribution in [0.4, 0.5) is 0 Å². The van der Waals surface area contributed by atoms with Crippen molar-refractivity contribution in [3.05, 3.63) is 0 Å². The molecule has 1 saturated heterocycles. The van der Waals surface area contributed by atoms with Gasteiger partial charge in [0, 0.05) is 19.6 Å². The smallest absolute Gasteiger partial charge is 0.307 e. The van der Waals surface area contributed by atoms with Crippen LogP contribution < -0.4 is 4.72 Å². The van der Waals surface area contributed by atoms with Crippen molar-refractivity contribution in [2.75, 3.05) is 19.6 Å². The van der Waals surface area contributed by atoms with Gasteiger partial charge in [-0.3, -0.25) is 4.79 Å². The highest BCUT2D eigenvalue weighted by Gasteiger charge is 2.32. The molecular formula is C11H22N2O5S. The summed E-state index contributed by atoms with van der Waals surface area (Å²) in [5.74, 6) is -1.61. The quantitative estimate of drug-likeness (QED) is 0.601. The standard InChI is InChI=1S/C11H22N2O5S/c1-2-4-10(14)7-12-19(17,18)13-6-3-5-9(8-13)11(15)16/h9-10,12,14H,2-8H2,1H3,(H,15,16). The first-order valence-electron chi connectivity index (χ1n) is 6.52. The van der Waals surface area contributed by atoms with Crippen LogP contribution >= 0.6 is 0 Å². The van der Waals surface area contributed by atoms with Gasteiger partial charge in [-0.15, -0.1) is 0 Å². The molecule has 0 aromatic rings. The third-order valence-corrected chi connectivity index (χ3v) is 4.74. The number of aliphatic hydroxyl groups is 1. The van der Waals surface area contributed by atoms with Crippen molar-refractivity contribution in [1.29, 1.82) is 0 Å². The normalized spacial score (nSPS) is 23.2. The molecule has 19 heavy (non-hydrogen) atoms. The van der Waals surface area contributed by atoms with E-state index in [2.05, 4.69) is 4.72 Å². The van der Waals surface area contributed by atoms with E-state index in [-0.39, 0.29) is 13.1 Å². The van der Waals surface area contributed by atoms with Crippen LogP contribution in [0.15, 0.2) is 0 Å². The molecule has 0 radical (unpaired) electrons. The van der Waals surface area contributed by atoms with E-state index in [1.54, 1.807) is 0 Å². The number of hydrogen-bond donors (Lipinski definition) is 3. The zero-order valence-corrected chi connectivity index (χ0v) is 11.9. The molecule has 1 aliphatic rings. The van der Waals surface area contributed by atoms with E-state index in [0.29, 0.717) is 25.8 Å². The van der Waals surface area contributed by atoms with Gasteiger partial charge in [-0.2, -0.15) is 17.4 Å². The lowest BCUT2D eigenvalue weighted by molar-refractivity contribution is -0.142. The van der Waals surface area contributed by atoms with Crippen LogP contribution in [-0.2, 0) is 15.0 Å². The number of piperidine rings is 1. The summed E-state index contributed by atoms with van der Waals surface area (Å²) in [7, 11) is -3.70. The van der Waals surface area contributed by atoms with Gasteiger partial charge in [-0.05, 0) is 19.3 Å². The molecule has 1 rings (SSSR count). The number of hydrogen-bond acceptors (Lipinski definition) is 4. The monoisotopic (exact) mass is 294 g/mol. The molecule has 2 atom stereocenters. The Morgan fingerprint density at radius 3 is 2.79 bits per heavy atom. The lowest BCUT2D eigenvalue weighted by atomic mass is 10.0. The topological polar surface area (TPSA) is 107 Å². The number of carbonyl (C=O) groups is 1. The molecule has 1 heterocycles. The summed E-state index contributed by atoms with van der Waals surface area (Å²) in [6.07, 6.45) is 1.63. The number of carboxylic acids is 1. The minimum Gasteiger partial charge on any atom is -0.481 e. The van der Waals surface area contributed by atoms with Crippen molar-refractivity contribution in [3.8, 4) is 0 Å². The minimum absolute atomic E-state index is 0.00542. The minimum atomic E-state index is -3.70. The molecule has 0 aliphatic carbocycles. The SMILES string of the molecule is CCCC(O)CNS(=O)(=O)N1CCCC(C(=O)O)C1. The number of aliphatic hydroxyl groups excluding tert-OH is 1. The molecule has 0 spiro atoms. The van der Waals surface area contributed by atoms with Crippen LogP contribution in [0.3, 0.4) is 0 Å². The summed E-state index contributed by atoms with van der Waals surface area (Å²) in [5, 5.41) is 18.4. The van der Waals surface area contributed by atoms with E-state index in [9.17, 15) is 18.3 Å². The van der Waals surface area contributed by atoms with Crippen LogP contribution in [0.25, 0.3) is 0 Å². The van der Waals surface area contributed by atoms with E-state index in [1.165, 1.54) is 0 Å². The zero-order chi connectivity index (χ0) is 14.5. The van der Waals surface area contributed by atoms with Crippen molar-refractivity contribution >= 4 is 16.2 Å². The van der Waals surface area contributed by atoms with Gasteiger partial charge < -0.3 is 10.2 Å². The summed E-state index contributed by atoms with van der Waals surface area (Å²) >= 11 is 0. The van der Waals surface area contributed by atoms with Gasteiger partial charge >= 0.3 is 5.97 Å². The van der Waals surface area contributed by atoms with Crippen LogP contribution in [0.5, 0.6) is 0 Å². The van der Waals surface area contributed by atoms with Crippen molar-refractivity contribution in [1.82, 2.24) is 9.03 Å². The van der Waals surface area contributed by atoms with Gasteiger partial charge in [-0.1, -0.05) is 13.3 Å². The molecule has 2 unspecified atom stereocenters. The fourth-order valence-corrected chi connectivity index (χ4v) is 3.42. The Balaban J connectivity index is 2.54. The highest BCUT2D eigenvalue weighted by Crippen LogP contribution is 2.18. The number of nitrogens with zero attached hydrogens (tertiary/aromatic N) is 1. The third kappa shape index (κ3) is 5.06. The number of carboxylic acid groups (broad SMARTS) is 1. The highest BCUT2D eigenvalue weighted by atomic mass is 32.2. The Kier molecular flexibility index (Phi) is 6.18. The molecule has 0 saturated carbocycles. The molecule has 3 N–H and O–H groups in total. The molecule has 0 amide bonds. The van der Waals surface area contributed by atoms with Crippen molar-refractivity contribution in [2.24, 2.45) is 5.92 Å². The maximum Gasteiger partial charge on any atom is 0.307 e.